The van der Waals surface area contributed by atoms with E-state index < -0.39 is 26.6 Å². The molecule has 0 radical (unpaired) electrons. The highest BCUT2D eigenvalue weighted by Crippen LogP contribution is 2.22. The molecule has 0 saturated carbocycles. The Balaban J connectivity index is 2.23. The maximum Gasteiger partial charge on any atom is 0.264 e. The summed E-state index contributed by atoms with van der Waals surface area (Å²) < 4.78 is 23.5. The Morgan fingerprint density at radius 2 is 1.87 bits per heavy atom. The molecule has 3 N–H and O–H groups in total. The van der Waals surface area contributed by atoms with Gasteiger partial charge in [-0.15, -0.1) is 0 Å². The summed E-state index contributed by atoms with van der Waals surface area (Å²) in [4.78, 5) is 24.4. The third-order valence-electron chi connectivity index (χ3n) is 4.87. The summed E-state index contributed by atoms with van der Waals surface area (Å²) in [5.74, 6) is 4.44. The smallest absolute Gasteiger partial charge is 0.264 e. The van der Waals surface area contributed by atoms with Gasteiger partial charge >= 0.3 is 0 Å². The number of carbonyl (C=O) groups excluding carboxylic acids is 1. The van der Waals surface area contributed by atoms with Crippen LogP contribution in [0, 0.1) is 11.8 Å². The molecule has 30 heavy (non-hydrogen) atoms. The standard InChI is InChI=1S/C21H24N2O6S/c1-15(24)4-5-16-6-8-17(9-7-16)18-10-12-23(19(25)14-18)13-11-21(2,20(26)22-27)30(3,28)29/h6-10,12,14-15,24,27H,11,13H2,1-3H3,(H,22,26). The molecule has 1 aromatic heterocycles. The minimum Gasteiger partial charge on any atom is -0.381 e. The van der Waals surface area contributed by atoms with Gasteiger partial charge in [0.25, 0.3) is 11.5 Å². The molecule has 1 heterocycles. The topological polar surface area (TPSA) is 126 Å². The molecule has 0 fully saturated rings. The van der Waals surface area contributed by atoms with Crippen molar-refractivity contribution < 1.29 is 23.5 Å². The Hall–Kier alpha value is -2.93. The van der Waals surface area contributed by atoms with Gasteiger partial charge in [0.15, 0.2) is 14.6 Å². The van der Waals surface area contributed by atoms with E-state index in [0.717, 1.165) is 17.4 Å². The van der Waals surface area contributed by atoms with Gasteiger partial charge in [0.2, 0.25) is 0 Å². The van der Waals surface area contributed by atoms with Crippen LogP contribution in [0.15, 0.2) is 47.4 Å². The van der Waals surface area contributed by atoms with Crippen molar-refractivity contribution in [3.8, 4) is 23.0 Å². The molecule has 1 aromatic carbocycles. The highest BCUT2D eigenvalue weighted by Gasteiger charge is 2.43. The van der Waals surface area contributed by atoms with Crippen molar-refractivity contribution in [2.24, 2.45) is 0 Å². The fraction of sp³-hybridized carbons (Fsp3) is 0.333. The van der Waals surface area contributed by atoms with Crippen molar-refractivity contribution in [3.05, 3.63) is 58.5 Å². The van der Waals surface area contributed by atoms with E-state index in [1.807, 2.05) is 0 Å². The first-order valence-corrected chi connectivity index (χ1v) is 11.0. The zero-order chi connectivity index (χ0) is 22.5. The minimum absolute atomic E-state index is 0.0238. The summed E-state index contributed by atoms with van der Waals surface area (Å²) in [7, 11) is -3.84. The van der Waals surface area contributed by atoms with Crippen LogP contribution in [0.4, 0.5) is 0 Å². The number of hydrogen-bond donors (Lipinski definition) is 3. The van der Waals surface area contributed by atoms with Gasteiger partial charge in [-0.25, -0.2) is 13.9 Å². The van der Waals surface area contributed by atoms with Crippen LogP contribution in [0.2, 0.25) is 0 Å². The van der Waals surface area contributed by atoms with Crippen LogP contribution in [0.25, 0.3) is 11.1 Å². The van der Waals surface area contributed by atoms with Crippen LogP contribution >= 0.6 is 0 Å². The Morgan fingerprint density at radius 1 is 1.23 bits per heavy atom. The zero-order valence-corrected chi connectivity index (χ0v) is 17.7. The first kappa shape index (κ1) is 23.3. The predicted molar refractivity (Wildman–Crippen MR) is 112 cm³/mol. The van der Waals surface area contributed by atoms with Gasteiger partial charge in [-0.3, -0.25) is 14.8 Å². The van der Waals surface area contributed by atoms with Crippen LogP contribution in [-0.2, 0) is 21.2 Å². The number of aliphatic hydroxyl groups is 1. The molecule has 2 atom stereocenters. The largest absolute Gasteiger partial charge is 0.381 e. The molecule has 2 rings (SSSR count). The van der Waals surface area contributed by atoms with Gasteiger partial charge in [0.05, 0.1) is 0 Å². The lowest BCUT2D eigenvalue weighted by atomic mass is 10.0. The molecular formula is C21H24N2O6S. The maximum atomic E-state index is 12.5. The predicted octanol–water partition coefficient (Wildman–Crippen LogP) is 0.946. The first-order chi connectivity index (χ1) is 14.0. The van der Waals surface area contributed by atoms with E-state index >= 15 is 0 Å². The Morgan fingerprint density at radius 3 is 2.37 bits per heavy atom. The van der Waals surface area contributed by atoms with Gasteiger partial charge < -0.3 is 9.67 Å². The number of aryl methyl sites for hydroxylation is 1. The van der Waals surface area contributed by atoms with Gasteiger partial charge in [-0.05, 0) is 49.6 Å². The van der Waals surface area contributed by atoms with Crippen molar-refractivity contribution >= 4 is 15.7 Å². The quantitative estimate of drug-likeness (QED) is 0.354. The second-order valence-corrected chi connectivity index (χ2v) is 9.61. The Kier molecular flexibility index (Phi) is 7.21. The molecule has 0 saturated heterocycles. The second kappa shape index (κ2) is 9.26. The monoisotopic (exact) mass is 432 g/mol. The number of aliphatic hydroxyl groups excluding tert-OH is 1. The summed E-state index contributed by atoms with van der Waals surface area (Å²) in [6, 6.07) is 10.3. The van der Waals surface area contributed by atoms with Gasteiger partial charge in [0, 0.05) is 30.6 Å². The molecule has 0 bridgehead atoms. The third kappa shape index (κ3) is 5.36. The zero-order valence-electron chi connectivity index (χ0n) is 16.9. The molecule has 8 nitrogen and oxygen atoms in total. The summed E-state index contributed by atoms with van der Waals surface area (Å²) in [6.07, 6.45) is 1.53. The van der Waals surface area contributed by atoms with E-state index in [2.05, 4.69) is 11.8 Å². The van der Waals surface area contributed by atoms with E-state index in [4.69, 9.17) is 5.21 Å². The molecule has 0 aliphatic carbocycles. The number of nitrogens with zero attached hydrogens (tertiary/aromatic N) is 1. The van der Waals surface area contributed by atoms with Crippen molar-refractivity contribution in [1.82, 2.24) is 10.0 Å². The number of benzene rings is 1. The molecule has 9 heteroatoms. The highest BCUT2D eigenvalue weighted by molar-refractivity contribution is 7.92. The van der Waals surface area contributed by atoms with Crippen LogP contribution in [-0.4, -0.2) is 46.3 Å². The van der Waals surface area contributed by atoms with Gasteiger partial charge in [-0.2, -0.15) is 0 Å². The van der Waals surface area contributed by atoms with Crippen molar-refractivity contribution in [3.63, 3.8) is 0 Å². The lowest BCUT2D eigenvalue weighted by molar-refractivity contribution is -0.131. The number of aromatic nitrogens is 1. The molecule has 2 unspecified atom stereocenters. The Bertz CT molecular complexity index is 1140. The molecule has 0 aliphatic rings. The fourth-order valence-electron chi connectivity index (χ4n) is 2.73. The Labute approximate surface area is 175 Å². The first-order valence-electron chi connectivity index (χ1n) is 9.12. The number of hydroxylamine groups is 1. The SMILES string of the molecule is CC(O)C#Cc1ccc(-c2ccn(CCC(C)(C(=O)NO)S(C)(=O)=O)c(=O)c2)cc1. The fourth-order valence-corrected chi connectivity index (χ4v) is 3.57. The molecule has 0 aliphatic heterocycles. The second-order valence-electron chi connectivity index (χ2n) is 7.16. The molecule has 2 aromatic rings. The van der Waals surface area contributed by atoms with Crippen LogP contribution < -0.4 is 11.0 Å². The van der Waals surface area contributed by atoms with Crippen molar-refractivity contribution in [2.75, 3.05) is 6.26 Å². The number of hydrogen-bond acceptors (Lipinski definition) is 6. The maximum absolute atomic E-state index is 12.5. The van der Waals surface area contributed by atoms with E-state index in [0.29, 0.717) is 5.56 Å². The average molecular weight is 432 g/mol. The number of carbonyl (C=O) groups is 1. The molecule has 0 spiro atoms. The van der Waals surface area contributed by atoms with E-state index in [9.17, 15) is 23.1 Å². The lowest BCUT2D eigenvalue weighted by Gasteiger charge is -2.25. The average Bonchev–Trinajstić information content (AvgIpc) is 2.69. The van der Waals surface area contributed by atoms with E-state index in [1.54, 1.807) is 37.3 Å². The van der Waals surface area contributed by atoms with E-state index in [-0.39, 0.29) is 18.5 Å². The minimum atomic E-state index is -3.84. The lowest BCUT2D eigenvalue weighted by Crippen LogP contribution is -2.49. The van der Waals surface area contributed by atoms with Crippen molar-refractivity contribution in [2.45, 2.75) is 37.7 Å². The van der Waals surface area contributed by atoms with Gasteiger partial charge in [0.1, 0.15) is 6.10 Å². The molecule has 1 amide bonds. The third-order valence-corrected chi connectivity index (χ3v) is 6.90. The molecule has 160 valence electrons. The number of nitrogens with one attached hydrogen (secondary N) is 1. The molecular weight excluding hydrogens is 408 g/mol. The number of rotatable bonds is 6. The summed E-state index contributed by atoms with van der Waals surface area (Å²) in [5.41, 5.74) is 3.23. The summed E-state index contributed by atoms with van der Waals surface area (Å²) >= 11 is 0. The van der Waals surface area contributed by atoms with Crippen LogP contribution in [0.5, 0.6) is 0 Å². The summed E-state index contributed by atoms with van der Waals surface area (Å²) in [6.45, 7) is 2.75. The summed E-state index contributed by atoms with van der Waals surface area (Å²) in [5, 5.41) is 18.1. The number of sulfone groups is 1. The van der Waals surface area contributed by atoms with E-state index in [1.165, 1.54) is 29.2 Å². The normalized spacial score (nSPS) is 14.2. The van der Waals surface area contributed by atoms with Crippen molar-refractivity contribution in [1.29, 1.82) is 0 Å². The van der Waals surface area contributed by atoms with Crippen LogP contribution in [0.3, 0.4) is 0 Å². The number of pyridine rings is 1. The van der Waals surface area contributed by atoms with Gasteiger partial charge in [-0.1, -0.05) is 24.0 Å². The number of amides is 1. The van der Waals surface area contributed by atoms with Crippen LogP contribution in [0.1, 0.15) is 25.8 Å². The highest BCUT2D eigenvalue weighted by atomic mass is 32.2.